The van der Waals surface area contributed by atoms with Gasteiger partial charge in [0, 0.05) is 12.8 Å². The lowest BCUT2D eigenvalue weighted by Gasteiger charge is -2.51. The molecule has 6 saturated heterocycles. The van der Waals surface area contributed by atoms with Crippen molar-refractivity contribution < 1.29 is 122 Å². The van der Waals surface area contributed by atoms with E-state index in [1.165, 1.54) is 20.8 Å². The largest absolute Gasteiger partial charge is 0.457 e. The topological polar surface area (TPSA) is 353 Å². The molecule has 1 unspecified atom stereocenters. The molecule has 0 aromatic rings. The van der Waals surface area contributed by atoms with E-state index in [1.54, 1.807) is 20.8 Å². The number of rotatable bonds is 23. The smallest absolute Gasteiger partial charge is 0.309 e. The van der Waals surface area contributed by atoms with Crippen LogP contribution in [0, 0.1) is 5.92 Å². The van der Waals surface area contributed by atoms with Crippen molar-refractivity contribution in [3.63, 3.8) is 0 Å². The second-order valence-corrected chi connectivity index (χ2v) is 24.6. The van der Waals surface area contributed by atoms with E-state index < -0.39 is 184 Å². The Morgan fingerprint density at radius 1 is 0.500 bits per heavy atom. The van der Waals surface area contributed by atoms with Crippen LogP contribution in [-0.2, 0) is 76.0 Å². The first kappa shape index (κ1) is 72.7. The van der Waals surface area contributed by atoms with Crippen molar-refractivity contribution in [1.29, 1.82) is 0 Å². The lowest BCUT2D eigenvalue weighted by atomic mass is 9.95. The van der Waals surface area contributed by atoms with Crippen LogP contribution in [0.2, 0.25) is 0 Å². The number of ether oxygens (including phenoxy) is 13. The van der Waals surface area contributed by atoms with Gasteiger partial charge in [0.15, 0.2) is 49.8 Å². The van der Waals surface area contributed by atoms with Crippen LogP contribution in [0.15, 0.2) is 0 Å². The second-order valence-electron chi connectivity index (χ2n) is 24.6. The van der Waals surface area contributed by atoms with Crippen molar-refractivity contribution >= 4 is 17.9 Å². The van der Waals surface area contributed by atoms with E-state index >= 15 is 0 Å². The number of hydrogen-bond acceptors (Lipinski definition) is 25. The van der Waals surface area contributed by atoms with Crippen molar-refractivity contribution in [2.24, 2.45) is 5.92 Å². The molecule has 9 N–H and O–H groups in total. The number of aliphatic hydroxyl groups excluding tert-OH is 9. The molecule has 6 aliphatic heterocycles. The van der Waals surface area contributed by atoms with Gasteiger partial charge in [0.2, 0.25) is 0 Å². The van der Waals surface area contributed by atoms with Gasteiger partial charge in [-0.2, -0.15) is 0 Å². The fourth-order valence-electron chi connectivity index (χ4n) is 12.0. The fraction of sp³-hybridized carbons (Fsp3) is 0.951. The molecule has 25 nitrogen and oxygen atoms in total. The number of aliphatic hydroxyl groups is 9. The minimum atomic E-state index is -2.01. The zero-order valence-electron chi connectivity index (χ0n) is 51.9. The summed E-state index contributed by atoms with van der Waals surface area (Å²) >= 11 is 0. The SMILES string of the molecule is CCCCCCCCCCCC(=O)O[C@H]1[C@H](O[C@@H]2[C@@H](O)[C@H]3OC(=O)CCCCCCCCCC(CCC)O[C@@H]4O[C@H](C)[C@H](O)[C@H](O)[C@H]4O[C@@H]3O[C@H]2C)O[C@@H](C)[C@H](O[C@@H]2O[C@@H](C)[C@H](OC(=O)[C@@H](C)CC)[C@@H](O)[C@H]2O)[C@H]1O[C@@H]1O[C@H](CO)[C@@H](O)[C@H](O)[C@H]1O. The van der Waals surface area contributed by atoms with Crippen molar-refractivity contribution in [2.75, 3.05) is 6.61 Å². The monoisotopic (exact) mass is 1240 g/mol. The van der Waals surface area contributed by atoms with Gasteiger partial charge in [-0.25, -0.2) is 0 Å². The van der Waals surface area contributed by atoms with Gasteiger partial charge in [-0.3, -0.25) is 14.4 Å². The minimum Gasteiger partial charge on any atom is -0.457 e. The highest BCUT2D eigenvalue weighted by molar-refractivity contribution is 5.72. The molecule has 27 atom stereocenters. The number of fused-ring (bicyclic) bond motifs is 2. The van der Waals surface area contributed by atoms with Gasteiger partial charge in [-0.05, 0) is 59.8 Å². The summed E-state index contributed by atoms with van der Waals surface area (Å²) in [5.74, 6) is -2.66. The summed E-state index contributed by atoms with van der Waals surface area (Å²) in [4.78, 5) is 41.1. The Morgan fingerprint density at radius 3 is 1.72 bits per heavy atom. The molecule has 0 saturated carbocycles. The van der Waals surface area contributed by atoms with Gasteiger partial charge in [0.05, 0.1) is 43.0 Å². The normalized spacial score (nSPS) is 42.0. The van der Waals surface area contributed by atoms with Crippen LogP contribution >= 0.6 is 0 Å². The molecule has 6 rings (SSSR count). The standard InChI is InChI=1S/C61H106O25/c1-9-12-13-14-15-16-19-22-26-30-40(64)81-55-54(86-58-46(70)43(67)42(66)38(31-62)79-58)51(84-57-47(71)45(69)49(34(6)75-57)82-56(73)32(4)11-3)36(8)77-61(55)83-50-35(7)76-60-53(48(50)72)80-39(63)29-25-23-20-17-18-21-24-28-37(27-10-2)78-59-52(85-60)44(68)41(65)33(5)74-59/h32-38,41-55,57-62,65-72H,9-31H2,1-8H3/t32-,33+,34-,35-,36-,37?,38+,41-,42+,43-,44-,45-,46+,47+,48+,49-,50-,51-,52+,53+,54+,55+,57-,58-,59-,60-,61-/m0/s1. The number of carbonyl (C=O) groups excluding carboxylic acids is 3. The van der Waals surface area contributed by atoms with Gasteiger partial charge in [-0.15, -0.1) is 0 Å². The maximum atomic E-state index is 14.3. The quantitative estimate of drug-likeness (QED) is 0.0401. The van der Waals surface area contributed by atoms with Gasteiger partial charge >= 0.3 is 17.9 Å². The molecule has 6 aliphatic rings. The summed E-state index contributed by atoms with van der Waals surface area (Å²) in [5, 5.41) is 102. The van der Waals surface area contributed by atoms with Crippen LogP contribution in [0.25, 0.3) is 0 Å². The van der Waals surface area contributed by atoms with E-state index in [1.807, 2.05) is 6.92 Å². The average Bonchev–Trinajstić information content (AvgIpc) is 0.928. The third-order valence-electron chi connectivity index (χ3n) is 17.7. The zero-order chi connectivity index (χ0) is 62.8. The highest BCUT2D eigenvalue weighted by Gasteiger charge is 2.59. The van der Waals surface area contributed by atoms with Crippen LogP contribution < -0.4 is 0 Å². The molecule has 0 aliphatic carbocycles. The Balaban J connectivity index is 1.35. The Bertz CT molecular complexity index is 1970. The fourth-order valence-corrected chi connectivity index (χ4v) is 12.0. The summed E-state index contributed by atoms with van der Waals surface area (Å²) in [6.45, 7) is 12.9. The third-order valence-corrected chi connectivity index (χ3v) is 17.7. The highest BCUT2D eigenvalue weighted by atomic mass is 16.8. The second kappa shape index (κ2) is 36.0. The number of esters is 3. The van der Waals surface area contributed by atoms with E-state index in [-0.39, 0.29) is 18.9 Å². The summed E-state index contributed by atoms with van der Waals surface area (Å²) in [6, 6.07) is 0. The summed E-state index contributed by atoms with van der Waals surface area (Å²) in [5.41, 5.74) is 0. The highest BCUT2D eigenvalue weighted by Crippen LogP contribution is 2.39. The van der Waals surface area contributed by atoms with Crippen LogP contribution in [0.3, 0.4) is 0 Å². The molecule has 25 heteroatoms. The predicted octanol–water partition coefficient (Wildman–Crippen LogP) is 3.52. The maximum Gasteiger partial charge on any atom is 0.309 e. The number of carbonyl (C=O) groups is 3. The van der Waals surface area contributed by atoms with Crippen molar-refractivity contribution in [1.82, 2.24) is 0 Å². The Kier molecular flexibility index (Phi) is 30.5. The van der Waals surface area contributed by atoms with E-state index in [4.69, 9.17) is 61.6 Å². The van der Waals surface area contributed by atoms with Crippen molar-refractivity contribution in [3.8, 4) is 0 Å². The van der Waals surface area contributed by atoms with Gasteiger partial charge < -0.3 is 108 Å². The molecule has 0 spiro atoms. The van der Waals surface area contributed by atoms with Crippen LogP contribution in [0.4, 0.5) is 0 Å². The molecule has 500 valence electrons. The van der Waals surface area contributed by atoms with Gasteiger partial charge in [0.1, 0.15) is 79.4 Å². The van der Waals surface area contributed by atoms with E-state index in [0.29, 0.717) is 38.5 Å². The average molecular weight is 1240 g/mol. The predicted molar refractivity (Wildman–Crippen MR) is 303 cm³/mol. The molecular formula is C61H106O25. The first-order valence-corrected chi connectivity index (χ1v) is 32.3. The first-order chi connectivity index (χ1) is 41.1. The van der Waals surface area contributed by atoms with Crippen molar-refractivity contribution in [3.05, 3.63) is 0 Å². The molecule has 0 radical (unpaired) electrons. The summed E-state index contributed by atoms with van der Waals surface area (Å²) in [7, 11) is 0. The van der Waals surface area contributed by atoms with Gasteiger partial charge in [-0.1, -0.05) is 124 Å². The molecular weight excluding hydrogens is 1130 g/mol. The van der Waals surface area contributed by atoms with Crippen LogP contribution in [0.5, 0.6) is 0 Å². The first-order valence-electron chi connectivity index (χ1n) is 32.3. The van der Waals surface area contributed by atoms with Crippen molar-refractivity contribution in [2.45, 2.75) is 356 Å². The Morgan fingerprint density at radius 2 is 1.06 bits per heavy atom. The Labute approximate surface area is 507 Å². The molecule has 6 heterocycles. The molecule has 0 aromatic carbocycles. The number of unbranched alkanes of at least 4 members (excludes halogenated alkanes) is 8. The number of hydrogen-bond donors (Lipinski definition) is 9. The maximum absolute atomic E-state index is 14.3. The minimum absolute atomic E-state index is 0.0372. The Hall–Kier alpha value is -2.35. The van der Waals surface area contributed by atoms with Gasteiger partial charge in [0.25, 0.3) is 0 Å². The van der Waals surface area contributed by atoms with E-state index in [9.17, 15) is 60.3 Å². The van der Waals surface area contributed by atoms with Crippen LogP contribution in [-0.4, -0.2) is 230 Å². The molecule has 0 bridgehead atoms. The summed E-state index contributed by atoms with van der Waals surface area (Å²) in [6.07, 6.45) is -23.1. The summed E-state index contributed by atoms with van der Waals surface area (Å²) < 4.78 is 81.7. The molecule has 6 fully saturated rings. The third kappa shape index (κ3) is 19.8. The van der Waals surface area contributed by atoms with E-state index in [0.717, 1.165) is 89.9 Å². The molecule has 86 heavy (non-hydrogen) atoms. The molecule has 0 amide bonds. The van der Waals surface area contributed by atoms with Crippen LogP contribution in [0.1, 0.15) is 197 Å². The lowest BCUT2D eigenvalue weighted by molar-refractivity contribution is -0.400. The zero-order valence-corrected chi connectivity index (χ0v) is 51.9. The molecule has 0 aromatic heterocycles. The lowest BCUT2D eigenvalue weighted by Crippen LogP contribution is -2.68. The van der Waals surface area contributed by atoms with E-state index in [2.05, 4.69) is 6.92 Å².